The van der Waals surface area contributed by atoms with Crippen molar-refractivity contribution < 1.29 is 3.63 Å². The molecular formula is C36H28N2OS2. The van der Waals surface area contributed by atoms with Gasteiger partial charge in [0.05, 0.1) is 22.9 Å². The fraction of sp³-hybridized carbons (Fsp3) is 0.0556. The topological polar surface area (TPSA) is 35.0 Å². The Balaban J connectivity index is 1.06. The molecule has 0 amide bonds. The van der Waals surface area contributed by atoms with E-state index in [0.717, 1.165) is 33.6 Å². The number of aromatic nitrogens is 2. The van der Waals surface area contributed by atoms with Gasteiger partial charge in [-0.2, -0.15) is 0 Å². The monoisotopic (exact) mass is 568 g/mol. The summed E-state index contributed by atoms with van der Waals surface area (Å²) in [4.78, 5) is 9.30. The van der Waals surface area contributed by atoms with Crippen molar-refractivity contribution in [3.8, 4) is 44.5 Å². The third kappa shape index (κ3) is 6.77. The molecule has 6 rings (SSSR count). The summed E-state index contributed by atoms with van der Waals surface area (Å²) in [5.74, 6) is 1.30. The number of hydrogen-bond acceptors (Lipinski definition) is 5. The van der Waals surface area contributed by atoms with E-state index in [-0.39, 0.29) is 0 Å². The molecule has 2 heterocycles. The minimum Gasteiger partial charge on any atom is -0.260 e. The second kappa shape index (κ2) is 13.5. The van der Waals surface area contributed by atoms with Gasteiger partial charge >= 0.3 is 0 Å². The van der Waals surface area contributed by atoms with Crippen molar-refractivity contribution >= 4 is 24.1 Å². The number of rotatable bonds is 10. The highest BCUT2D eigenvalue weighted by molar-refractivity contribution is 8.07. The van der Waals surface area contributed by atoms with Crippen LogP contribution < -0.4 is 0 Å². The fourth-order valence-corrected chi connectivity index (χ4v) is 6.11. The van der Waals surface area contributed by atoms with E-state index >= 15 is 0 Å². The van der Waals surface area contributed by atoms with E-state index in [1.165, 1.54) is 46.3 Å². The lowest BCUT2D eigenvalue weighted by molar-refractivity contribution is 0.753. The van der Waals surface area contributed by atoms with Crippen LogP contribution in [0, 0.1) is 0 Å². The molecule has 3 nitrogen and oxygen atoms in total. The normalized spacial score (nSPS) is 10.9. The van der Waals surface area contributed by atoms with E-state index in [1.54, 1.807) is 0 Å². The average Bonchev–Trinajstić information content (AvgIpc) is 3.06. The number of nitrogens with zero attached hydrogens (tertiary/aromatic N) is 2. The summed E-state index contributed by atoms with van der Waals surface area (Å²) < 4.78 is 5.93. The molecule has 0 saturated heterocycles. The number of benzene rings is 4. The van der Waals surface area contributed by atoms with E-state index in [1.807, 2.05) is 36.7 Å². The van der Waals surface area contributed by atoms with Gasteiger partial charge in [-0.3, -0.25) is 9.97 Å². The van der Waals surface area contributed by atoms with Gasteiger partial charge in [0, 0.05) is 47.6 Å². The Labute approximate surface area is 250 Å². The quantitative estimate of drug-likeness (QED) is 0.121. The molecule has 0 aliphatic rings. The van der Waals surface area contributed by atoms with Crippen LogP contribution in [0.5, 0.6) is 0 Å². The van der Waals surface area contributed by atoms with Crippen molar-refractivity contribution in [3.63, 3.8) is 0 Å². The summed E-state index contributed by atoms with van der Waals surface area (Å²) in [5, 5.41) is 0. The first-order valence-corrected chi connectivity index (χ1v) is 15.3. The average molecular weight is 569 g/mol. The third-order valence-electron chi connectivity index (χ3n) is 6.87. The standard InChI is InChI=1S/C36H28N2OS2/c1-3-9-27(10-4-1)29-15-19-31(20-16-29)33-13-7-23-37-35(33)25-40-39-41-26-36-34(14-8-24-38-36)32-21-17-30(18-22-32)28-11-5-2-6-12-28/h1-24H,25-26H2. The maximum absolute atomic E-state index is 5.93. The molecule has 41 heavy (non-hydrogen) atoms. The Morgan fingerprint density at radius 2 is 0.756 bits per heavy atom. The molecule has 200 valence electrons. The Bertz CT molecular complexity index is 1560. The molecule has 2 aromatic heterocycles. The second-order valence-electron chi connectivity index (χ2n) is 9.47. The highest BCUT2D eigenvalue weighted by Gasteiger charge is 2.10. The van der Waals surface area contributed by atoms with Gasteiger partial charge in [0.1, 0.15) is 0 Å². The summed E-state index contributed by atoms with van der Waals surface area (Å²) in [6, 6.07) is 46.4. The van der Waals surface area contributed by atoms with Crippen LogP contribution in [-0.2, 0) is 15.1 Å². The summed E-state index contributed by atoms with van der Waals surface area (Å²) in [5.41, 5.74) is 11.4. The molecule has 0 fully saturated rings. The van der Waals surface area contributed by atoms with Crippen molar-refractivity contribution in [2.45, 2.75) is 11.5 Å². The first-order valence-electron chi connectivity index (χ1n) is 13.5. The molecule has 0 aliphatic heterocycles. The van der Waals surface area contributed by atoms with Crippen molar-refractivity contribution in [2.24, 2.45) is 0 Å². The van der Waals surface area contributed by atoms with Gasteiger partial charge in [-0.05, 0) is 45.5 Å². The molecule has 0 atom stereocenters. The van der Waals surface area contributed by atoms with E-state index in [0.29, 0.717) is 11.5 Å². The smallest absolute Gasteiger partial charge is 0.0641 e. The van der Waals surface area contributed by atoms with Crippen LogP contribution in [-0.4, -0.2) is 9.97 Å². The van der Waals surface area contributed by atoms with E-state index in [2.05, 4.69) is 119 Å². The molecule has 0 N–H and O–H groups in total. The molecule has 0 bridgehead atoms. The Hall–Kier alpha value is -4.16. The van der Waals surface area contributed by atoms with Crippen LogP contribution in [0.4, 0.5) is 0 Å². The SMILES string of the molecule is c1ccc(-c2ccc(-c3cccnc3CSOSCc3ncccc3-c3ccc(-c4ccccc4)cc3)cc2)cc1. The predicted molar refractivity (Wildman–Crippen MR) is 174 cm³/mol. The largest absolute Gasteiger partial charge is 0.260 e. The summed E-state index contributed by atoms with van der Waals surface area (Å²) in [6.07, 6.45) is 3.68. The summed E-state index contributed by atoms with van der Waals surface area (Å²) >= 11 is 2.82. The highest BCUT2D eigenvalue weighted by Crippen LogP contribution is 2.32. The third-order valence-corrected chi connectivity index (χ3v) is 8.43. The predicted octanol–water partition coefficient (Wildman–Crippen LogP) is 10.2. The number of pyridine rings is 2. The lowest BCUT2D eigenvalue weighted by atomic mass is 10.00. The summed E-state index contributed by atoms with van der Waals surface area (Å²) in [7, 11) is 0. The minimum absolute atomic E-state index is 0.652. The van der Waals surface area contributed by atoms with Crippen LogP contribution in [0.1, 0.15) is 11.4 Å². The molecule has 4 aromatic carbocycles. The van der Waals surface area contributed by atoms with Crippen LogP contribution >= 0.6 is 24.1 Å². The first-order chi connectivity index (χ1) is 20.3. The van der Waals surface area contributed by atoms with Crippen LogP contribution in [0.3, 0.4) is 0 Å². The van der Waals surface area contributed by atoms with Gasteiger partial charge in [-0.15, -0.1) is 0 Å². The van der Waals surface area contributed by atoms with E-state index in [9.17, 15) is 0 Å². The fourth-order valence-electron chi connectivity index (χ4n) is 4.77. The summed E-state index contributed by atoms with van der Waals surface area (Å²) in [6.45, 7) is 0. The second-order valence-corrected chi connectivity index (χ2v) is 11.1. The van der Waals surface area contributed by atoms with Crippen LogP contribution in [0.2, 0.25) is 0 Å². The molecule has 0 unspecified atom stereocenters. The zero-order valence-electron chi connectivity index (χ0n) is 22.4. The van der Waals surface area contributed by atoms with Crippen molar-refractivity contribution in [1.29, 1.82) is 0 Å². The van der Waals surface area contributed by atoms with Crippen LogP contribution in [0.25, 0.3) is 44.5 Å². The van der Waals surface area contributed by atoms with Crippen molar-refractivity contribution in [1.82, 2.24) is 9.97 Å². The molecular weight excluding hydrogens is 541 g/mol. The molecule has 0 radical (unpaired) electrons. The maximum Gasteiger partial charge on any atom is 0.0641 e. The molecule has 0 spiro atoms. The zero-order chi connectivity index (χ0) is 27.7. The lowest BCUT2D eigenvalue weighted by Gasteiger charge is -2.10. The maximum atomic E-state index is 5.93. The zero-order valence-corrected chi connectivity index (χ0v) is 24.0. The van der Waals surface area contributed by atoms with Gasteiger partial charge < -0.3 is 0 Å². The van der Waals surface area contributed by atoms with Crippen molar-refractivity contribution in [3.05, 3.63) is 157 Å². The van der Waals surface area contributed by atoms with Gasteiger partial charge in [0.25, 0.3) is 0 Å². The Morgan fingerprint density at radius 1 is 0.390 bits per heavy atom. The Kier molecular flexibility index (Phi) is 8.88. The van der Waals surface area contributed by atoms with Gasteiger partial charge in [-0.25, -0.2) is 3.63 Å². The highest BCUT2D eigenvalue weighted by atomic mass is 32.2. The van der Waals surface area contributed by atoms with E-state index in [4.69, 9.17) is 3.63 Å². The first kappa shape index (κ1) is 27.0. The number of hydrogen-bond donors (Lipinski definition) is 0. The Morgan fingerprint density at radius 3 is 1.17 bits per heavy atom. The lowest BCUT2D eigenvalue weighted by Crippen LogP contribution is -1.93. The van der Waals surface area contributed by atoms with Gasteiger partial charge in [-0.1, -0.05) is 121 Å². The molecule has 5 heteroatoms. The van der Waals surface area contributed by atoms with E-state index < -0.39 is 0 Å². The van der Waals surface area contributed by atoms with Gasteiger partial charge in [0.15, 0.2) is 0 Å². The van der Waals surface area contributed by atoms with Crippen molar-refractivity contribution in [2.75, 3.05) is 0 Å². The minimum atomic E-state index is 0.652. The van der Waals surface area contributed by atoms with Crippen LogP contribution in [0.15, 0.2) is 146 Å². The molecule has 6 aromatic rings. The molecule has 0 saturated carbocycles. The van der Waals surface area contributed by atoms with Gasteiger partial charge in [0.2, 0.25) is 0 Å². The molecule has 0 aliphatic carbocycles.